The van der Waals surface area contributed by atoms with Gasteiger partial charge in [-0.3, -0.25) is 0 Å². The summed E-state index contributed by atoms with van der Waals surface area (Å²) in [6.45, 7) is 15.0. The molecule has 0 aromatic heterocycles. The largest absolute Gasteiger partial charge is 0.301 e. The zero-order valence-electron chi connectivity index (χ0n) is 10.5. The Morgan fingerprint density at radius 1 is 1.00 bits per heavy atom. The molecule has 0 heterocycles. The SMILES string of the molecule is CC(C)CN(C)C(C)(C)CC(C)C. The lowest BCUT2D eigenvalue weighted by Gasteiger charge is -2.38. The van der Waals surface area contributed by atoms with E-state index in [1.54, 1.807) is 0 Å². The first-order chi connectivity index (χ1) is 5.75. The summed E-state index contributed by atoms with van der Waals surface area (Å²) in [7, 11) is 2.24. The molecule has 1 heteroatoms. The van der Waals surface area contributed by atoms with Crippen molar-refractivity contribution in [2.24, 2.45) is 11.8 Å². The molecular formula is C12H27N. The van der Waals surface area contributed by atoms with E-state index in [1.165, 1.54) is 13.0 Å². The van der Waals surface area contributed by atoms with Crippen LogP contribution in [0.25, 0.3) is 0 Å². The van der Waals surface area contributed by atoms with Crippen molar-refractivity contribution >= 4 is 0 Å². The fourth-order valence-electron chi connectivity index (χ4n) is 1.95. The maximum Gasteiger partial charge on any atom is 0.0152 e. The molecule has 0 spiro atoms. The monoisotopic (exact) mass is 185 g/mol. The molecule has 0 aliphatic heterocycles. The molecular weight excluding hydrogens is 158 g/mol. The third kappa shape index (κ3) is 5.30. The van der Waals surface area contributed by atoms with E-state index in [0.29, 0.717) is 5.54 Å². The predicted molar refractivity (Wildman–Crippen MR) is 61.0 cm³/mol. The summed E-state index contributed by atoms with van der Waals surface area (Å²) in [5.41, 5.74) is 0.346. The first-order valence-electron chi connectivity index (χ1n) is 5.47. The fourth-order valence-corrected chi connectivity index (χ4v) is 1.95. The fraction of sp³-hybridized carbons (Fsp3) is 1.00. The Bertz CT molecular complexity index is 136. The maximum atomic E-state index is 2.48. The zero-order chi connectivity index (χ0) is 10.6. The van der Waals surface area contributed by atoms with Crippen LogP contribution in [0.15, 0.2) is 0 Å². The van der Waals surface area contributed by atoms with E-state index >= 15 is 0 Å². The Balaban J connectivity index is 4.10. The van der Waals surface area contributed by atoms with Crippen LogP contribution in [0.4, 0.5) is 0 Å². The molecule has 0 N–H and O–H groups in total. The van der Waals surface area contributed by atoms with Crippen molar-refractivity contribution in [2.75, 3.05) is 13.6 Å². The van der Waals surface area contributed by atoms with Gasteiger partial charge in [0.1, 0.15) is 0 Å². The molecule has 0 aromatic rings. The van der Waals surface area contributed by atoms with Gasteiger partial charge < -0.3 is 4.90 Å². The Morgan fingerprint density at radius 2 is 1.46 bits per heavy atom. The van der Waals surface area contributed by atoms with Gasteiger partial charge in [0.2, 0.25) is 0 Å². The standard InChI is InChI=1S/C12H27N/c1-10(2)8-12(5,6)13(7)9-11(3)4/h10-11H,8-9H2,1-7H3. The summed E-state index contributed by atoms with van der Waals surface area (Å²) < 4.78 is 0. The minimum Gasteiger partial charge on any atom is -0.301 e. The van der Waals surface area contributed by atoms with E-state index in [1.807, 2.05) is 0 Å². The number of rotatable bonds is 5. The van der Waals surface area contributed by atoms with Crippen LogP contribution >= 0.6 is 0 Å². The smallest absolute Gasteiger partial charge is 0.0152 e. The molecule has 0 atom stereocenters. The predicted octanol–water partition coefficient (Wildman–Crippen LogP) is 3.40. The van der Waals surface area contributed by atoms with Crippen molar-refractivity contribution in [2.45, 2.75) is 53.5 Å². The minimum atomic E-state index is 0.346. The van der Waals surface area contributed by atoms with Crippen LogP contribution in [0.5, 0.6) is 0 Å². The molecule has 1 nitrogen and oxygen atoms in total. The summed E-state index contributed by atoms with van der Waals surface area (Å²) in [4.78, 5) is 2.48. The van der Waals surface area contributed by atoms with Gasteiger partial charge in [0.15, 0.2) is 0 Å². The lowest BCUT2D eigenvalue weighted by atomic mass is 9.91. The molecule has 13 heavy (non-hydrogen) atoms. The topological polar surface area (TPSA) is 3.24 Å². The lowest BCUT2D eigenvalue weighted by molar-refractivity contribution is 0.116. The first kappa shape index (κ1) is 13.0. The van der Waals surface area contributed by atoms with E-state index in [0.717, 1.165) is 11.8 Å². The van der Waals surface area contributed by atoms with E-state index in [-0.39, 0.29) is 0 Å². The molecule has 0 aromatic carbocycles. The second-order valence-corrected chi connectivity index (χ2v) is 5.68. The molecule has 0 saturated carbocycles. The number of hydrogen-bond donors (Lipinski definition) is 0. The lowest BCUT2D eigenvalue weighted by Crippen LogP contribution is -2.43. The summed E-state index contributed by atoms with van der Waals surface area (Å²) in [6, 6.07) is 0. The highest BCUT2D eigenvalue weighted by Crippen LogP contribution is 2.22. The van der Waals surface area contributed by atoms with Gasteiger partial charge in [-0.25, -0.2) is 0 Å². The van der Waals surface area contributed by atoms with Crippen LogP contribution < -0.4 is 0 Å². The second-order valence-electron chi connectivity index (χ2n) is 5.68. The van der Waals surface area contributed by atoms with Gasteiger partial charge in [-0.1, -0.05) is 27.7 Å². The zero-order valence-corrected chi connectivity index (χ0v) is 10.5. The summed E-state index contributed by atoms with van der Waals surface area (Å²) >= 11 is 0. The van der Waals surface area contributed by atoms with Crippen molar-refractivity contribution < 1.29 is 0 Å². The van der Waals surface area contributed by atoms with Crippen LogP contribution in [-0.4, -0.2) is 24.0 Å². The van der Waals surface area contributed by atoms with Crippen molar-refractivity contribution in [1.29, 1.82) is 0 Å². The Hall–Kier alpha value is -0.0400. The van der Waals surface area contributed by atoms with Crippen molar-refractivity contribution in [3.05, 3.63) is 0 Å². The molecule has 0 aliphatic rings. The Kier molecular flexibility index (Phi) is 4.98. The van der Waals surface area contributed by atoms with E-state index in [9.17, 15) is 0 Å². The van der Waals surface area contributed by atoms with Gasteiger partial charge in [0.05, 0.1) is 0 Å². The summed E-state index contributed by atoms with van der Waals surface area (Å²) in [5.74, 6) is 1.54. The summed E-state index contributed by atoms with van der Waals surface area (Å²) in [5, 5.41) is 0. The highest BCUT2D eigenvalue weighted by atomic mass is 15.2. The normalized spacial score (nSPS) is 13.4. The van der Waals surface area contributed by atoms with Crippen molar-refractivity contribution in [3.8, 4) is 0 Å². The van der Waals surface area contributed by atoms with Crippen LogP contribution in [0.1, 0.15) is 48.0 Å². The van der Waals surface area contributed by atoms with E-state index in [2.05, 4.69) is 53.5 Å². The van der Waals surface area contributed by atoms with Crippen LogP contribution in [-0.2, 0) is 0 Å². The molecule has 0 bridgehead atoms. The van der Waals surface area contributed by atoms with Crippen molar-refractivity contribution in [1.82, 2.24) is 4.90 Å². The minimum absolute atomic E-state index is 0.346. The van der Waals surface area contributed by atoms with Gasteiger partial charge in [-0.2, -0.15) is 0 Å². The van der Waals surface area contributed by atoms with Gasteiger partial charge in [0.25, 0.3) is 0 Å². The van der Waals surface area contributed by atoms with Gasteiger partial charge >= 0.3 is 0 Å². The van der Waals surface area contributed by atoms with Crippen molar-refractivity contribution in [3.63, 3.8) is 0 Å². The molecule has 0 amide bonds. The van der Waals surface area contributed by atoms with Gasteiger partial charge in [0, 0.05) is 12.1 Å². The molecule has 0 saturated heterocycles. The molecule has 0 radical (unpaired) electrons. The molecule has 0 aliphatic carbocycles. The van der Waals surface area contributed by atoms with Crippen LogP contribution in [0.2, 0.25) is 0 Å². The quantitative estimate of drug-likeness (QED) is 0.634. The highest BCUT2D eigenvalue weighted by molar-refractivity contribution is 4.80. The van der Waals surface area contributed by atoms with E-state index < -0.39 is 0 Å². The molecule has 0 unspecified atom stereocenters. The van der Waals surface area contributed by atoms with Gasteiger partial charge in [-0.15, -0.1) is 0 Å². The highest BCUT2D eigenvalue weighted by Gasteiger charge is 2.24. The second kappa shape index (κ2) is 4.99. The average molecular weight is 185 g/mol. The van der Waals surface area contributed by atoms with E-state index in [4.69, 9.17) is 0 Å². The molecule has 0 fully saturated rings. The molecule has 80 valence electrons. The average Bonchev–Trinajstić information content (AvgIpc) is 1.81. The van der Waals surface area contributed by atoms with Crippen LogP contribution in [0.3, 0.4) is 0 Å². The third-order valence-corrected chi connectivity index (χ3v) is 2.58. The Labute approximate surface area is 84.5 Å². The third-order valence-electron chi connectivity index (χ3n) is 2.58. The summed E-state index contributed by atoms with van der Waals surface area (Å²) in [6.07, 6.45) is 1.27. The van der Waals surface area contributed by atoms with Crippen LogP contribution in [0, 0.1) is 11.8 Å². The number of nitrogens with zero attached hydrogens (tertiary/aromatic N) is 1. The first-order valence-corrected chi connectivity index (χ1v) is 5.47. The molecule has 0 rings (SSSR count). The Morgan fingerprint density at radius 3 is 1.77 bits per heavy atom. The maximum absolute atomic E-state index is 2.48. The van der Waals surface area contributed by atoms with Gasteiger partial charge in [-0.05, 0) is 39.2 Å². The number of hydrogen-bond acceptors (Lipinski definition) is 1.